The Morgan fingerprint density at radius 1 is 1.36 bits per heavy atom. The van der Waals surface area contributed by atoms with E-state index in [1.54, 1.807) is 25.6 Å². The number of nitrogens with one attached hydrogen (secondary N) is 1. The lowest BCUT2D eigenvalue weighted by Crippen LogP contribution is -2.27. The molecule has 1 aromatic heterocycles. The van der Waals surface area contributed by atoms with Gasteiger partial charge in [-0.25, -0.2) is 4.98 Å². The second-order valence-corrected chi connectivity index (χ2v) is 7.08. The summed E-state index contributed by atoms with van der Waals surface area (Å²) < 4.78 is 46.8. The molecule has 0 saturated heterocycles. The van der Waals surface area contributed by atoms with Crippen molar-refractivity contribution < 1.29 is 17.9 Å². The molecular weight excluding hydrogens is 369 g/mol. The van der Waals surface area contributed by atoms with Gasteiger partial charge in [-0.15, -0.1) is 0 Å². The van der Waals surface area contributed by atoms with Gasteiger partial charge in [0.1, 0.15) is 0 Å². The van der Waals surface area contributed by atoms with E-state index in [9.17, 15) is 13.2 Å². The summed E-state index contributed by atoms with van der Waals surface area (Å²) in [5, 5.41) is 12.2. The number of halogens is 3. The number of alkyl halides is 3. The third-order valence-corrected chi connectivity index (χ3v) is 5.19. The van der Waals surface area contributed by atoms with Crippen molar-refractivity contribution in [3.63, 3.8) is 0 Å². The molecule has 0 bridgehead atoms. The maximum Gasteiger partial charge on any atom is 0.417 e. The third-order valence-electron chi connectivity index (χ3n) is 5.19. The van der Waals surface area contributed by atoms with Crippen molar-refractivity contribution in [2.75, 3.05) is 19.0 Å². The molecule has 2 aromatic rings. The first-order valence-corrected chi connectivity index (χ1v) is 9.29. The van der Waals surface area contributed by atoms with Crippen LogP contribution in [0.3, 0.4) is 0 Å². The molecule has 0 radical (unpaired) electrons. The van der Waals surface area contributed by atoms with E-state index in [4.69, 9.17) is 10.00 Å². The molecule has 0 amide bonds. The normalized spacial score (nSPS) is 20.0. The summed E-state index contributed by atoms with van der Waals surface area (Å²) in [5.74, 6) is 0.297. The van der Waals surface area contributed by atoms with Gasteiger partial charge >= 0.3 is 6.18 Å². The molecule has 5 nitrogen and oxygen atoms in total. The van der Waals surface area contributed by atoms with Crippen molar-refractivity contribution in [3.8, 4) is 6.07 Å². The van der Waals surface area contributed by atoms with Crippen LogP contribution in [-0.2, 0) is 17.5 Å². The van der Waals surface area contributed by atoms with Gasteiger partial charge in [0.2, 0.25) is 0 Å². The lowest BCUT2D eigenvalue weighted by atomic mass is 9.83. The average molecular weight is 392 g/mol. The summed E-state index contributed by atoms with van der Waals surface area (Å²) in [7, 11) is 1.66. The van der Waals surface area contributed by atoms with Gasteiger partial charge in [-0.3, -0.25) is 0 Å². The number of anilines is 1. The van der Waals surface area contributed by atoms with Crippen LogP contribution >= 0.6 is 0 Å². The van der Waals surface area contributed by atoms with Crippen LogP contribution in [0, 0.1) is 11.3 Å². The fourth-order valence-electron chi connectivity index (χ4n) is 3.84. The minimum Gasteiger partial charge on any atom is -0.383 e. The fraction of sp³-hybridized carbons (Fsp3) is 0.500. The van der Waals surface area contributed by atoms with Gasteiger partial charge in [0.05, 0.1) is 30.1 Å². The molecule has 1 saturated carbocycles. The number of hydrogen-bond donors (Lipinski definition) is 1. The number of imidazole rings is 1. The zero-order valence-corrected chi connectivity index (χ0v) is 15.7. The van der Waals surface area contributed by atoms with Gasteiger partial charge in [0.25, 0.3) is 0 Å². The molecule has 1 aromatic carbocycles. The standard InChI is InChI=1S/C20H23F3N4O/c1-28-8-7-27-13-25-12-19(27)14-3-2-4-16(9-14)26-17-6-5-15(11-24)18(10-17)20(21,22)23/h5-6,10,12-14,16,26H,2-4,7-9H2,1H3/t14?,16-/m0/s1. The molecule has 28 heavy (non-hydrogen) atoms. The summed E-state index contributed by atoms with van der Waals surface area (Å²) in [6, 6.07) is 5.48. The molecule has 1 aliphatic carbocycles. The number of methoxy groups -OCH3 is 1. The van der Waals surface area contributed by atoms with Crippen LogP contribution in [0.15, 0.2) is 30.7 Å². The maximum atomic E-state index is 13.2. The van der Waals surface area contributed by atoms with Crippen LogP contribution in [0.2, 0.25) is 0 Å². The molecule has 0 aliphatic heterocycles. The largest absolute Gasteiger partial charge is 0.417 e. The monoisotopic (exact) mass is 392 g/mol. The Balaban J connectivity index is 1.72. The summed E-state index contributed by atoms with van der Waals surface area (Å²) in [5.41, 5.74) is 0.274. The molecule has 1 aliphatic rings. The first-order valence-electron chi connectivity index (χ1n) is 9.29. The highest BCUT2D eigenvalue weighted by Crippen LogP contribution is 2.36. The smallest absolute Gasteiger partial charge is 0.383 e. The van der Waals surface area contributed by atoms with Crippen LogP contribution in [0.4, 0.5) is 18.9 Å². The molecular formula is C20H23F3N4O. The lowest BCUT2D eigenvalue weighted by Gasteiger charge is -2.31. The van der Waals surface area contributed by atoms with E-state index >= 15 is 0 Å². The minimum atomic E-state index is -4.55. The van der Waals surface area contributed by atoms with Gasteiger partial charge in [-0.2, -0.15) is 18.4 Å². The average Bonchev–Trinajstić information content (AvgIpc) is 3.14. The highest BCUT2D eigenvalue weighted by atomic mass is 19.4. The Morgan fingerprint density at radius 3 is 2.89 bits per heavy atom. The number of rotatable bonds is 6. The molecule has 0 spiro atoms. The summed E-state index contributed by atoms with van der Waals surface area (Å²) >= 11 is 0. The number of aromatic nitrogens is 2. The zero-order chi connectivity index (χ0) is 20.1. The molecule has 8 heteroatoms. The molecule has 1 unspecified atom stereocenters. The fourth-order valence-corrected chi connectivity index (χ4v) is 3.84. The second-order valence-electron chi connectivity index (χ2n) is 7.08. The van der Waals surface area contributed by atoms with E-state index in [0.717, 1.165) is 44.0 Å². The van der Waals surface area contributed by atoms with Crippen molar-refractivity contribution in [2.45, 2.75) is 50.4 Å². The van der Waals surface area contributed by atoms with Gasteiger partial charge in [-0.05, 0) is 37.5 Å². The Labute approximate surface area is 162 Å². The van der Waals surface area contributed by atoms with Crippen LogP contribution in [-0.4, -0.2) is 29.3 Å². The molecule has 150 valence electrons. The van der Waals surface area contributed by atoms with Crippen LogP contribution < -0.4 is 5.32 Å². The van der Waals surface area contributed by atoms with E-state index in [1.807, 2.05) is 6.20 Å². The van der Waals surface area contributed by atoms with Crippen molar-refractivity contribution >= 4 is 5.69 Å². The predicted molar refractivity (Wildman–Crippen MR) is 98.9 cm³/mol. The van der Waals surface area contributed by atoms with Crippen molar-refractivity contribution in [3.05, 3.63) is 47.5 Å². The third kappa shape index (κ3) is 4.65. The quantitative estimate of drug-likeness (QED) is 0.783. The van der Waals surface area contributed by atoms with E-state index < -0.39 is 11.7 Å². The van der Waals surface area contributed by atoms with E-state index in [0.29, 0.717) is 18.2 Å². The Bertz CT molecular complexity index is 841. The van der Waals surface area contributed by atoms with Crippen molar-refractivity contribution in [1.82, 2.24) is 9.55 Å². The molecule has 3 rings (SSSR count). The summed E-state index contributed by atoms with van der Waals surface area (Å²) in [4.78, 5) is 4.25. The van der Waals surface area contributed by atoms with Crippen LogP contribution in [0.25, 0.3) is 0 Å². The highest BCUT2D eigenvalue weighted by Gasteiger charge is 2.34. The van der Waals surface area contributed by atoms with Gasteiger partial charge in [0, 0.05) is 43.2 Å². The predicted octanol–water partition coefficient (Wildman–Crippen LogP) is 4.56. The summed E-state index contributed by atoms with van der Waals surface area (Å²) in [6.07, 6.45) is 2.84. The summed E-state index contributed by atoms with van der Waals surface area (Å²) in [6.45, 7) is 1.33. The number of ether oxygens (including phenoxy) is 1. The molecule has 1 heterocycles. The maximum absolute atomic E-state index is 13.2. The minimum absolute atomic E-state index is 0.0681. The van der Waals surface area contributed by atoms with E-state index in [1.165, 1.54) is 6.07 Å². The number of benzene rings is 1. The zero-order valence-electron chi connectivity index (χ0n) is 15.7. The molecule has 1 N–H and O–H groups in total. The van der Waals surface area contributed by atoms with E-state index in [-0.39, 0.29) is 11.6 Å². The van der Waals surface area contributed by atoms with E-state index in [2.05, 4.69) is 14.9 Å². The molecule has 1 fully saturated rings. The highest BCUT2D eigenvalue weighted by molar-refractivity contribution is 5.53. The van der Waals surface area contributed by atoms with Gasteiger partial charge in [0.15, 0.2) is 0 Å². The van der Waals surface area contributed by atoms with Crippen molar-refractivity contribution in [1.29, 1.82) is 5.26 Å². The SMILES string of the molecule is COCCn1cncc1C1CCC[C@H](Nc2ccc(C#N)c(C(F)(F)F)c2)C1. The second kappa shape index (κ2) is 8.65. The Hall–Kier alpha value is -2.53. The number of nitrogens with zero attached hydrogens (tertiary/aromatic N) is 3. The Morgan fingerprint density at radius 2 is 2.18 bits per heavy atom. The Kier molecular flexibility index (Phi) is 6.25. The first kappa shape index (κ1) is 20.2. The van der Waals surface area contributed by atoms with Crippen LogP contribution in [0.5, 0.6) is 0 Å². The van der Waals surface area contributed by atoms with Gasteiger partial charge in [-0.1, -0.05) is 6.42 Å². The molecule has 2 atom stereocenters. The van der Waals surface area contributed by atoms with Crippen molar-refractivity contribution in [2.24, 2.45) is 0 Å². The number of nitriles is 1. The topological polar surface area (TPSA) is 62.9 Å². The lowest BCUT2D eigenvalue weighted by molar-refractivity contribution is -0.137. The van der Waals surface area contributed by atoms with Gasteiger partial charge < -0.3 is 14.6 Å². The first-order chi connectivity index (χ1) is 13.4. The van der Waals surface area contributed by atoms with Crippen LogP contribution in [0.1, 0.15) is 48.4 Å². The number of hydrogen-bond acceptors (Lipinski definition) is 4.